The molecule has 1 aromatic rings. The summed E-state index contributed by atoms with van der Waals surface area (Å²) in [6.07, 6.45) is 1.98. The number of hydrogen-bond acceptors (Lipinski definition) is 3. The molecule has 3 heteroatoms. The topological polar surface area (TPSA) is 26.0 Å². The largest absolute Gasteiger partial charge is 0.350 e. The quantitative estimate of drug-likeness (QED) is 0.617. The maximum atomic E-state index is 4.99. The molecule has 0 aliphatic carbocycles. The van der Waals surface area contributed by atoms with Crippen LogP contribution in [0, 0.1) is 0 Å². The predicted octanol–water partition coefficient (Wildman–Crippen LogP) is 2.52. The standard InChI is InChI=1S/C7H11NOS/c1-5(2)6-4-7(10-3)9-8-6/h4-5H,1-3H3. The predicted molar refractivity (Wildman–Crippen MR) is 42.4 cm³/mol. The van der Waals surface area contributed by atoms with Gasteiger partial charge in [-0.1, -0.05) is 30.8 Å². The Morgan fingerprint density at radius 1 is 1.60 bits per heavy atom. The molecule has 0 aromatic carbocycles. The lowest BCUT2D eigenvalue weighted by Crippen LogP contribution is -1.84. The van der Waals surface area contributed by atoms with Crippen LogP contribution in [0.5, 0.6) is 0 Å². The Bertz CT molecular complexity index is 207. The van der Waals surface area contributed by atoms with Gasteiger partial charge in [-0.15, -0.1) is 0 Å². The van der Waals surface area contributed by atoms with E-state index in [1.54, 1.807) is 11.8 Å². The van der Waals surface area contributed by atoms with Gasteiger partial charge in [0.15, 0.2) is 5.09 Å². The monoisotopic (exact) mass is 157 g/mol. The normalized spacial score (nSPS) is 10.8. The summed E-state index contributed by atoms with van der Waals surface area (Å²) in [5.41, 5.74) is 1.03. The van der Waals surface area contributed by atoms with Gasteiger partial charge in [0, 0.05) is 6.07 Å². The van der Waals surface area contributed by atoms with E-state index in [4.69, 9.17) is 4.52 Å². The number of thioether (sulfide) groups is 1. The van der Waals surface area contributed by atoms with E-state index in [-0.39, 0.29) is 0 Å². The number of rotatable bonds is 2. The Hall–Kier alpha value is -0.440. The fourth-order valence-corrected chi connectivity index (χ4v) is 0.990. The van der Waals surface area contributed by atoms with Crippen LogP contribution in [-0.4, -0.2) is 11.4 Å². The summed E-state index contributed by atoms with van der Waals surface area (Å²) in [6.45, 7) is 4.20. The molecule has 0 atom stereocenters. The Kier molecular flexibility index (Phi) is 2.38. The molecular formula is C7H11NOS. The molecule has 0 bridgehead atoms. The minimum Gasteiger partial charge on any atom is -0.350 e. The fourth-order valence-electron chi connectivity index (χ4n) is 0.639. The van der Waals surface area contributed by atoms with Gasteiger partial charge in [-0.05, 0) is 12.2 Å². The average molecular weight is 157 g/mol. The smallest absolute Gasteiger partial charge is 0.193 e. The zero-order valence-electron chi connectivity index (χ0n) is 6.42. The van der Waals surface area contributed by atoms with E-state index in [9.17, 15) is 0 Å². The molecule has 0 unspecified atom stereocenters. The zero-order valence-corrected chi connectivity index (χ0v) is 7.23. The van der Waals surface area contributed by atoms with Crippen molar-refractivity contribution >= 4 is 11.8 Å². The van der Waals surface area contributed by atoms with E-state index in [0.29, 0.717) is 5.92 Å². The first kappa shape index (κ1) is 7.66. The van der Waals surface area contributed by atoms with Gasteiger partial charge in [0.1, 0.15) is 0 Å². The average Bonchev–Trinajstić information content (AvgIpc) is 2.34. The molecule has 1 heterocycles. The molecule has 0 saturated heterocycles. The second-order valence-electron chi connectivity index (χ2n) is 2.43. The van der Waals surface area contributed by atoms with Gasteiger partial charge in [-0.2, -0.15) is 0 Å². The molecule has 56 valence electrons. The fraction of sp³-hybridized carbons (Fsp3) is 0.571. The maximum Gasteiger partial charge on any atom is 0.193 e. The van der Waals surface area contributed by atoms with E-state index in [1.165, 1.54) is 0 Å². The van der Waals surface area contributed by atoms with E-state index < -0.39 is 0 Å². The first-order valence-electron chi connectivity index (χ1n) is 3.24. The summed E-state index contributed by atoms with van der Waals surface area (Å²) in [5.74, 6) is 0.463. The van der Waals surface area contributed by atoms with Crippen molar-refractivity contribution in [2.75, 3.05) is 6.26 Å². The molecule has 0 fully saturated rings. The summed E-state index contributed by atoms with van der Waals surface area (Å²) in [4.78, 5) is 0. The van der Waals surface area contributed by atoms with Crippen molar-refractivity contribution in [2.45, 2.75) is 24.9 Å². The molecule has 0 amide bonds. The van der Waals surface area contributed by atoms with Crippen molar-refractivity contribution in [3.05, 3.63) is 11.8 Å². The molecule has 10 heavy (non-hydrogen) atoms. The Morgan fingerprint density at radius 3 is 2.60 bits per heavy atom. The van der Waals surface area contributed by atoms with Crippen LogP contribution in [0.25, 0.3) is 0 Å². The van der Waals surface area contributed by atoms with Gasteiger partial charge in [0.25, 0.3) is 0 Å². The van der Waals surface area contributed by atoms with Crippen molar-refractivity contribution in [3.8, 4) is 0 Å². The SMILES string of the molecule is CSc1cc(C(C)C)no1. The minimum absolute atomic E-state index is 0.463. The second-order valence-corrected chi connectivity index (χ2v) is 3.24. The van der Waals surface area contributed by atoms with Crippen molar-refractivity contribution in [2.24, 2.45) is 0 Å². The summed E-state index contributed by atoms with van der Waals surface area (Å²) in [5, 5.41) is 4.78. The van der Waals surface area contributed by atoms with Gasteiger partial charge >= 0.3 is 0 Å². The third kappa shape index (κ3) is 1.53. The highest BCUT2D eigenvalue weighted by Gasteiger charge is 2.05. The van der Waals surface area contributed by atoms with Crippen LogP contribution in [0.15, 0.2) is 15.7 Å². The first-order valence-corrected chi connectivity index (χ1v) is 4.47. The van der Waals surface area contributed by atoms with Crippen molar-refractivity contribution in [1.82, 2.24) is 5.16 Å². The lowest BCUT2D eigenvalue weighted by Gasteiger charge is -1.92. The highest BCUT2D eigenvalue weighted by Crippen LogP contribution is 2.19. The highest BCUT2D eigenvalue weighted by atomic mass is 32.2. The van der Waals surface area contributed by atoms with Crippen LogP contribution >= 0.6 is 11.8 Å². The number of hydrogen-bond donors (Lipinski definition) is 0. The molecular weight excluding hydrogens is 146 g/mol. The third-order valence-electron chi connectivity index (χ3n) is 1.30. The van der Waals surface area contributed by atoms with Gasteiger partial charge in [-0.25, -0.2) is 0 Å². The highest BCUT2D eigenvalue weighted by molar-refractivity contribution is 7.98. The molecule has 0 aliphatic rings. The summed E-state index contributed by atoms with van der Waals surface area (Å²) >= 11 is 1.58. The summed E-state index contributed by atoms with van der Waals surface area (Å²) in [7, 11) is 0. The van der Waals surface area contributed by atoms with E-state index in [0.717, 1.165) is 10.8 Å². The van der Waals surface area contributed by atoms with E-state index in [1.807, 2.05) is 12.3 Å². The lowest BCUT2D eigenvalue weighted by molar-refractivity contribution is 0.343. The molecule has 0 saturated carbocycles. The van der Waals surface area contributed by atoms with Crippen LogP contribution in [0.4, 0.5) is 0 Å². The van der Waals surface area contributed by atoms with Crippen LogP contribution in [-0.2, 0) is 0 Å². The van der Waals surface area contributed by atoms with Gasteiger partial charge in [0.05, 0.1) is 5.69 Å². The molecule has 0 aliphatic heterocycles. The van der Waals surface area contributed by atoms with Gasteiger partial charge in [0.2, 0.25) is 0 Å². The van der Waals surface area contributed by atoms with E-state index >= 15 is 0 Å². The van der Waals surface area contributed by atoms with Crippen molar-refractivity contribution in [1.29, 1.82) is 0 Å². The van der Waals surface area contributed by atoms with Crippen LogP contribution < -0.4 is 0 Å². The van der Waals surface area contributed by atoms with Crippen molar-refractivity contribution < 1.29 is 4.52 Å². The van der Waals surface area contributed by atoms with Crippen LogP contribution in [0.2, 0.25) is 0 Å². The Balaban J connectivity index is 2.78. The van der Waals surface area contributed by atoms with E-state index in [2.05, 4.69) is 19.0 Å². The Morgan fingerprint density at radius 2 is 2.30 bits per heavy atom. The molecule has 1 rings (SSSR count). The summed E-state index contributed by atoms with van der Waals surface area (Å²) in [6, 6.07) is 1.98. The first-order chi connectivity index (χ1) is 4.74. The molecule has 0 radical (unpaired) electrons. The van der Waals surface area contributed by atoms with Crippen LogP contribution in [0.1, 0.15) is 25.5 Å². The lowest BCUT2D eigenvalue weighted by atomic mass is 10.1. The summed E-state index contributed by atoms with van der Waals surface area (Å²) < 4.78 is 4.99. The molecule has 0 spiro atoms. The number of aromatic nitrogens is 1. The van der Waals surface area contributed by atoms with Crippen LogP contribution in [0.3, 0.4) is 0 Å². The molecule has 2 nitrogen and oxygen atoms in total. The maximum absolute atomic E-state index is 4.99. The zero-order chi connectivity index (χ0) is 7.56. The minimum atomic E-state index is 0.463. The van der Waals surface area contributed by atoms with Gasteiger partial charge < -0.3 is 4.52 Å². The number of nitrogens with zero attached hydrogens (tertiary/aromatic N) is 1. The molecule has 0 N–H and O–H groups in total. The van der Waals surface area contributed by atoms with Gasteiger partial charge in [-0.3, -0.25) is 0 Å². The second kappa shape index (κ2) is 3.10. The third-order valence-corrected chi connectivity index (χ3v) is 1.89. The Labute approximate surface area is 65.0 Å². The molecule has 1 aromatic heterocycles. The van der Waals surface area contributed by atoms with Crippen molar-refractivity contribution in [3.63, 3.8) is 0 Å².